The first-order valence-electron chi connectivity index (χ1n) is 6.47. The number of hydrogen-bond acceptors (Lipinski definition) is 5. The molecule has 1 aliphatic heterocycles. The molecule has 0 spiro atoms. The minimum Gasteiger partial charge on any atom is -0.344 e. The van der Waals surface area contributed by atoms with Gasteiger partial charge in [-0.25, -0.2) is 4.52 Å². The van der Waals surface area contributed by atoms with Crippen molar-refractivity contribution >= 4 is 33.4 Å². The maximum absolute atomic E-state index is 12.0. The molecule has 1 saturated heterocycles. The quantitative estimate of drug-likeness (QED) is 0.843. The van der Waals surface area contributed by atoms with Gasteiger partial charge in [-0.2, -0.15) is 4.98 Å². The number of anilines is 1. The van der Waals surface area contributed by atoms with E-state index in [9.17, 15) is 4.79 Å². The highest BCUT2D eigenvalue weighted by Gasteiger charge is 2.16. The molecule has 20 heavy (non-hydrogen) atoms. The zero-order chi connectivity index (χ0) is 13.9. The van der Waals surface area contributed by atoms with E-state index in [1.165, 1.54) is 0 Å². The van der Waals surface area contributed by atoms with E-state index in [4.69, 9.17) is 0 Å². The number of carbonyl (C=O) groups excluding carboxylic acids is 1. The van der Waals surface area contributed by atoms with Gasteiger partial charge in [0.25, 0.3) is 0 Å². The van der Waals surface area contributed by atoms with E-state index in [0.29, 0.717) is 5.95 Å². The predicted octanol–water partition coefficient (Wildman–Crippen LogP) is 0.335. The van der Waals surface area contributed by atoms with Crippen LogP contribution in [-0.2, 0) is 4.79 Å². The number of pyridine rings is 1. The normalized spacial score (nSPS) is 15.6. The van der Waals surface area contributed by atoms with Crippen LogP contribution in [-0.4, -0.2) is 58.1 Å². The second kappa shape index (κ2) is 5.76. The summed E-state index contributed by atoms with van der Waals surface area (Å²) in [5, 5.41) is 10.5. The van der Waals surface area contributed by atoms with E-state index in [1.54, 1.807) is 4.52 Å². The number of fused-ring (bicyclic) bond motifs is 1. The number of rotatable bonds is 3. The van der Waals surface area contributed by atoms with Crippen molar-refractivity contribution < 1.29 is 4.79 Å². The number of nitrogens with one attached hydrogen (secondary N) is 2. The van der Waals surface area contributed by atoms with Gasteiger partial charge in [-0.1, -0.05) is 0 Å². The number of hydrogen-bond donors (Lipinski definition) is 2. The Balaban J connectivity index is 1.64. The van der Waals surface area contributed by atoms with Crippen LogP contribution in [0.15, 0.2) is 22.8 Å². The monoisotopic (exact) mass is 338 g/mol. The summed E-state index contributed by atoms with van der Waals surface area (Å²) >= 11 is 3.42. The Labute approximate surface area is 124 Å². The van der Waals surface area contributed by atoms with Gasteiger partial charge in [0, 0.05) is 32.4 Å². The van der Waals surface area contributed by atoms with Crippen LogP contribution in [0.25, 0.3) is 5.65 Å². The van der Waals surface area contributed by atoms with Crippen molar-refractivity contribution in [2.24, 2.45) is 0 Å². The molecule has 0 atom stereocenters. The van der Waals surface area contributed by atoms with Crippen LogP contribution in [0.5, 0.6) is 0 Å². The molecule has 106 valence electrons. The van der Waals surface area contributed by atoms with Gasteiger partial charge in [0.15, 0.2) is 5.65 Å². The van der Waals surface area contributed by atoms with Gasteiger partial charge in [0.2, 0.25) is 11.9 Å². The molecule has 1 amide bonds. The summed E-state index contributed by atoms with van der Waals surface area (Å²) in [6.07, 6.45) is 1.82. The van der Waals surface area contributed by atoms with Gasteiger partial charge >= 0.3 is 0 Å². The third-order valence-electron chi connectivity index (χ3n) is 3.18. The smallest absolute Gasteiger partial charge is 0.243 e. The fourth-order valence-electron chi connectivity index (χ4n) is 2.13. The molecule has 2 N–H and O–H groups in total. The van der Waals surface area contributed by atoms with Gasteiger partial charge in [-0.05, 0) is 28.1 Å². The van der Waals surface area contributed by atoms with Crippen LogP contribution in [0.1, 0.15) is 0 Å². The lowest BCUT2D eigenvalue weighted by Crippen LogP contribution is -2.48. The summed E-state index contributed by atoms with van der Waals surface area (Å²) in [7, 11) is 0. The molecule has 2 aromatic heterocycles. The molecule has 3 heterocycles. The molecular weight excluding hydrogens is 324 g/mol. The Hall–Kier alpha value is -1.67. The zero-order valence-electron chi connectivity index (χ0n) is 10.8. The first-order chi connectivity index (χ1) is 9.74. The van der Waals surface area contributed by atoms with Crippen LogP contribution in [0, 0.1) is 0 Å². The molecule has 1 aliphatic rings. The lowest BCUT2D eigenvalue weighted by atomic mass is 10.3. The van der Waals surface area contributed by atoms with E-state index in [0.717, 1.165) is 36.3 Å². The molecule has 0 aliphatic carbocycles. The number of aromatic nitrogens is 3. The van der Waals surface area contributed by atoms with Crippen LogP contribution in [0.3, 0.4) is 0 Å². The average Bonchev–Trinajstić information content (AvgIpc) is 2.90. The summed E-state index contributed by atoms with van der Waals surface area (Å²) in [5.41, 5.74) is 0.727. The third-order valence-corrected chi connectivity index (χ3v) is 3.80. The van der Waals surface area contributed by atoms with E-state index in [2.05, 4.69) is 36.6 Å². The fraction of sp³-hybridized carbons (Fsp3) is 0.417. The minimum absolute atomic E-state index is 0.0735. The fourth-order valence-corrected chi connectivity index (χ4v) is 2.55. The molecule has 1 fully saturated rings. The van der Waals surface area contributed by atoms with Crippen molar-refractivity contribution in [2.45, 2.75) is 0 Å². The van der Waals surface area contributed by atoms with Gasteiger partial charge in [0.05, 0.1) is 11.0 Å². The summed E-state index contributed by atoms with van der Waals surface area (Å²) in [6.45, 7) is 3.43. The Kier molecular flexibility index (Phi) is 3.83. The predicted molar refractivity (Wildman–Crippen MR) is 78.6 cm³/mol. The number of carbonyl (C=O) groups is 1. The maximum Gasteiger partial charge on any atom is 0.243 e. The Morgan fingerprint density at radius 2 is 2.25 bits per heavy atom. The molecule has 0 unspecified atom stereocenters. The lowest BCUT2D eigenvalue weighted by Gasteiger charge is -2.27. The molecule has 8 heteroatoms. The van der Waals surface area contributed by atoms with Gasteiger partial charge in [0.1, 0.15) is 0 Å². The molecule has 7 nitrogen and oxygen atoms in total. The highest BCUT2D eigenvalue weighted by atomic mass is 79.9. The van der Waals surface area contributed by atoms with E-state index in [1.807, 2.05) is 23.2 Å². The van der Waals surface area contributed by atoms with Gasteiger partial charge in [-0.3, -0.25) is 4.79 Å². The van der Waals surface area contributed by atoms with Crippen molar-refractivity contribution in [1.82, 2.24) is 24.8 Å². The second-order valence-electron chi connectivity index (χ2n) is 4.54. The number of amides is 1. The average molecular weight is 339 g/mol. The summed E-state index contributed by atoms with van der Waals surface area (Å²) in [4.78, 5) is 18.2. The Morgan fingerprint density at radius 1 is 1.45 bits per heavy atom. The van der Waals surface area contributed by atoms with Crippen molar-refractivity contribution in [3.8, 4) is 0 Å². The highest BCUT2D eigenvalue weighted by Crippen LogP contribution is 2.16. The summed E-state index contributed by atoms with van der Waals surface area (Å²) in [5.74, 6) is 0.532. The second-order valence-corrected chi connectivity index (χ2v) is 5.40. The number of nitrogens with zero attached hydrogens (tertiary/aromatic N) is 4. The number of halogens is 1. The van der Waals surface area contributed by atoms with Crippen molar-refractivity contribution in [3.05, 3.63) is 22.8 Å². The zero-order valence-corrected chi connectivity index (χ0v) is 12.4. The van der Waals surface area contributed by atoms with Crippen molar-refractivity contribution in [2.75, 3.05) is 38.0 Å². The molecule has 2 aromatic rings. The van der Waals surface area contributed by atoms with Crippen LogP contribution in [0.4, 0.5) is 5.95 Å². The first-order valence-corrected chi connectivity index (χ1v) is 7.26. The Morgan fingerprint density at radius 3 is 3.00 bits per heavy atom. The lowest BCUT2D eigenvalue weighted by molar-refractivity contribution is -0.129. The van der Waals surface area contributed by atoms with E-state index in [-0.39, 0.29) is 12.5 Å². The third kappa shape index (κ3) is 2.75. The summed E-state index contributed by atoms with van der Waals surface area (Å²) < 4.78 is 2.54. The van der Waals surface area contributed by atoms with Crippen molar-refractivity contribution in [3.63, 3.8) is 0 Å². The van der Waals surface area contributed by atoms with Crippen LogP contribution >= 0.6 is 15.9 Å². The molecule has 0 bridgehead atoms. The van der Waals surface area contributed by atoms with Crippen LogP contribution in [0.2, 0.25) is 0 Å². The topological polar surface area (TPSA) is 74.6 Å². The van der Waals surface area contributed by atoms with Crippen LogP contribution < -0.4 is 10.6 Å². The van der Waals surface area contributed by atoms with E-state index < -0.39 is 0 Å². The molecule has 0 aromatic carbocycles. The van der Waals surface area contributed by atoms with Crippen molar-refractivity contribution in [1.29, 1.82) is 0 Å². The maximum atomic E-state index is 12.0. The number of piperazine rings is 1. The van der Waals surface area contributed by atoms with E-state index >= 15 is 0 Å². The Bertz CT molecular complexity index is 621. The largest absolute Gasteiger partial charge is 0.344 e. The molecule has 0 radical (unpaired) electrons. The molecule has 0 saturated carbocycles. The van der Waals surface area contributed by atoms with Gasteiger partial charge < -0.3 is 15.5 Å². The molecular formula is C12H15BrN6O. The summed E-state index contributed by atoms with van der Waals surface area (Å²) in [6, 6.07) is 3.78. The minimum atomic E-state index is 0.0735. The standard InChI is InChI=1S/C12H15BrN6O/c13-9-2-1-5-19-11(9)16-12(17-19)15-8-10(20)18-6-3-14-4-7-18/h1-2,5,14H,3-4,6-8H2,(H,15,17). The first kappa shape index (κ1) is 13.3. The SMILES string of the molecule is O=C(CNc1nc2c(Br)cccn2n1)N1CCNCC1. The van der Waals surface area contributed by atoms with Gasteiger partial charge in [-0.15, -0.1) is 5.10 Å². The molecule has 3 rings (SSSR count). The highest BCUT2D eigenvalue weighted by molar-refractivity contribution is 9.10.